The van der Waals surface area contributed by atoms with Crippen LogP contribution in [0.2, 0.25) is 5.02 Å². The molecule has 4 aromatic rings. The van der Waals surface area contributed by atoms with Gasteiger partial charge in [-0.15, -0.1) is 0 Å². The minimum atomic E-state index is -1.78. The molecule has 0 unspecified atom stereocenters. The van der Waals surface area contributed by atoms with Crippen molar-refractivity contribution in [2.45, 2.75) is 12.1 Å². The number of fused-ring (bicyclic) bond motifs is 2. The Kier molecular flexibility index (Phi) is 4.16. The number of benzene rings is 4. The van der Waals surface area contributed by atoms with Gasteiger partial charge >= 0.3 is 0 Å². The van der Waals surface area contributed by atoms with Gasteiger partial charge in [-0.3, -0.25) is 4.79 Å². The van der Waals surface area contributed by atoms with Crippen LogP contribution < -0.4 is 4.90 Å². The van der Waals surface area contributed by atoms with Gasteiger partial charge in [0, 0.05) is 10.6 Å². The predicted octanol–water partition coefficient (Wildman–Crippen LogP) is 5.28. The molecule has 1 N–H and O–H groups in total. The number of amides is 1. The van der Waals surface area contributed by atoms with E-state index < -0.39 is 5.60 Å². The van der Waals surface area contributed by atoms with Crippen LogP contribution >= 0.6 is 11.6 Å². The maximum Gasteiger partial charge on any atom is 0.268 e. The first-order valence-corrected chi connectivity index (χ1v) is 9.83. The van der Waals surface area contributed by atoms with E-state index in [-0.39, 0.29) is 5.91 Å². The summed E-state index contributed by atoms with van der Waals surface area (Å²) in [6.45, 7) is 0.379. The van der Waals surface area contributed by atoms with Gasteiger partial charge in [0.2, 0.25) is 0 Å². The van der Waals surface area contributed by atoms with Gasteiger partial charge in [-0.2, -0.15) is 0 Å². The molecule has 142 valence electrons. The zero-order valence-corrected chi connectivity index (χ0v) is 16.3. The van der Waals surface area contributed by atoms with Crippen LogP contribution in [0.25, 0.3) is 10.8 Å². The number of rotatable bonds is 3. The van der Waals surface area contributed by atoms with Crippen molar-refractivity contribution in [3.05, 3.63) is 113 Å². The Labute approximate surface area is 173 Å². The van der Waals surface area contributed by atoms with Gasteiger partial charge in [-0.25, -0.2) is 0 Å². The van der Waals surface area contributed by atoms with Crippen molar-refractivity contribution in [1.82, 2.24) is 0 Å². The average Bonchev–Trinajstić information content (AvgIpc) is 2.96. The highest BCUT2D eigenvalue weighted by Crippen LogP contribution is 2.46. The van der Waals surface area contributed by atoms with Crippen molar-refractivity contribution in [2.75, 3.05) is 4.90 Å². The monoisotopic (exact) mass is 399 g/mol. The van der Waals surface area contributed by atoms with Crippen LogP contribution in [0.3, 0.4) is 0 Å². The molecule has 1 atom stereocenters. The Balaban J connectivity index is 1.67. The number of nitrogens with zero attached hydrogens (tertiary/aromatic N) is 1. The first kappa shape index (κ1) is 17.9. The maximum absolute atomic E-state index is 13.6. The number of hydrogen-bond acceptors (Lipinski definition) is 2. The molecule has 5 rings (SSSR count). The van der Waals surface area contributed by atoms with E-state index >= 15 is 0 Å². The minimum Gasteiger partial charge on any atom is -0.372 e. The van der Waals surface area contributed by atoms with Gasteiger partial charge in [-0.1, -0.05) is 78.3 Å². The highest BCUT2D eigenvalue weighted by atomic mass is 35.5. The largest absolute Gasteiger partial charge is 0.372 e. The zero-order valence-electron chi connectivity index (χ0n) is 15.5. The molecular formula is C25H18ClNO2. The van der Waals surface area contributed by atoms with Gasteiger partial charge in [0.1, 0.15) is 0 Å². The van der Waals surface area contributed by atoms with Gasteiger partial charge in [-0.05, 0) is 46.2 Å². The highest BCUT2D eigenvalue weighted by molar-refractivity contribution is 6.31. The van der Waals surface area contributed by atoms with Crippen molar-refractivity contribution >= 4 is 34.0 Å². The Morgan fingerprint density at radius 2 is 1.55 bits per heavy atom. The second kappa shape index (κ2) is 6.73. The van der Waals surface area contributed by atoms with Crippen LogP contribution in [0.4, 0.5) is 5.69 Å². The molecule has 4 aromatic carbocycles. The lowest BCUT2D eigenvalue weighted by atomic mass is 9.86. The minimum absolute atomic E-state index is 0.367. The number of carbonyl (C=O) groups excluding carboxylic acids is 1. The lowest BCUT2D eigenvalue weighted by molar-refractivity contribution is -0.132. The highest BCUT2D eigenvalue weighted by Gasteiger charge is 2.51. The maximum atomic E-state index is 13.6. The molecule has 0 fully saturated rings. The second-order valence-electron chi connectivity index (χ2n) is 7.31. The zero-order chi connectivity index (χ0) is 20.0. The quantitative estimate of drug-likeness (QED) is 0.509. The first-order valence-electron chi connectivity index (χ1n) is 9.45. The Bertz CT molecular complexity index is 1240. The van der Waals surface area contributed by atoms with Gasteiger partial charge in [0.25, 0.3) is 5.91 Å². The summed E-state index contributed by atoms with van der Waals surface area (Å²) in [7, 11) is 0. The standard InChI is InChI=1S/C25H18ClNO2/c26-21-12-13-23-22(15-21)25(29,20-11-10-18-8-4-5-9-19(18)14-20)24(28)27(23)16-17-6-2-1-3-7-17/h1-15,29H,16H2/t25-/m1/s1. The summed E-state index contributed by atoms with van der Waals surface area (Å²) >= 11 is 6.25. The van der Waals surface area contributed by atoms with Crippen LogP contribution in [0.5, 0.6) is 0 Å². The number of carbonyl (C=O) groups is 1. The van der Waals surface area contributed by atoms with E-state index in [0.717, 1.165) is 16.3 Å². The average molecular weight is 400 g/mol. The molecule has 0 aromatic heterocycles. The third-order valence-corrected chi connectivity index (χ3v) is 5.78. The van der Waals surface area contributed by atoms with E-state index in [1.165, 1.54) is 0 Å². The number of hydrogen-bond donors (Lipinski definition) is 1. The number of halogens is 1. The summed E-state index contributed by atoms with van der Waals surface area (Å²) in [5.74, 6) is -0.367. The van der Waals surface area contributed by atoms with Crippen LogP contribution in [0.15, 0.2) is 91.0 Å². The summed E-state index contributed by atoms with van der Waals surface area (Å²) in [6, 6.07) is 28.5. The number of anilines is 1. The molecule has 0 saturated heterocycles. The molecule has 4 heteroatoms. The van der Waals surface area contributed by atoms with Gasteiger partial charge in [0.05, 0.1) is 12.2 Å². The van der Waals surface area contributed by atoms with E-state index in [1.807, 2.05) is 72.8 Å². The molecule has 1 heterocycles. The molecule has 0 bridgehead atoms. The lowest BCUT2D eigenvalue weighted by Gasteiger charge is -2.24. The van der Waals surface area contributed by atoms with E-state index in [0.29, 0.717) is 28.4 Å². The lowest BCUT2D eigenvalue weighted by Crippen LogP contribution is -2.40. The van der Waals surface area contributed by atoms with Crippen molar-refractivity contribution in [1.29, 1.82) is 0 Å². The fourth-order valence-corrected chi connectivity index (χ4v) is 4.24. The molecular weight excluding hydrogens is 382 g/mol. The van der Waals surface area contributed by atoms with Crippen molar-refractivity contribution in [3.63, 3.8) is 0 Å². The fraction of sp³-hybridized carbons (Fsp3) is 0.0800. The van der Waals surface area contributed by atoms with Crippen molar-refractivity contribution in [3.8, 4) is 0 Å². The summed E-state index contributed by atoms with van der Waals surface area (Å²) in [5, 5.41) is 14.3. The van der Waals surface area contributed by atoms with Crippen LogP contribution in [0.1, 0.15) is 16.7 Å². The van der Waals surface area contributed by atoms with Crippen LogP contribution in [0, 0.1) is 0 Å². The molecule has 1 aliphatic rings. The van der Waals surface area contributed by atoms with Crippen LogP contribution in [-0.4, -0.2) is 11.0 Å². The Hall–Kier alpha value is -3.14. The summed E-state index contributed by atoms with van der Waals surface area (Å²) in [4.78, 5) is 15.2. The van der Waals surface area contributed by atoms with Crippen LogP contribution in [-0.2, 0) is 16.9 Å². The second-order valence-corrected chi connectivity index (χ2v) is 7.75. The molecule has 0 saturated carbocycles. The van der Waals surface area contributed by atoms with E-state index in [9.17, 15) is 9.90 Å². The van der Waals surface area contributed by atoms with E-state index in [1.54, 1.807) is 23.1 Å². The molecule has 29 heavy (non-hydrogen) atoms. The summed E-state index contributed by atoms with van der Waals surface area (Å²) in [5.41, 5.74) is 0.948. The molecule has 1 amide bonds. The molecule has 3 nitrogen and oxygen atoms in total. The van der Waals surface area contributed by atoms with E-state index in [2.05, 4.69) is 0 Å². The topological polar surface area (TPSA) is 40.5 Å². The fourth-order valence-electron chi connectivity index (χ4n) is 4.07. The normalized spacial score (nSPS) is 18.3. The smallest absolute Gasteiger partial charge is 0.268 e. The summed E-state index contributed by atoms with van der Waals surface area (Å²) in [6.07, 6.45) is 0. The molecule has 0 aliphatic carbocycles. The SMILES string of the molecule is O=C1N(Cc2ccccc2)c2ccc(Cl)cc2[C@]1(O)c1ccc2ccccc2c1. The Morgan fingerprint density at radius 3 is 2.34 bits per heavy atom. The first-order chi connectivity index (χ1) is 14.1. The summed E-state index contributed by atoms with van der Waals surface area (Å²) < 4.78 is 0. The van der Waals surface area contributed by atoms with Gasteiger partial charge in [0.15, 0.2) is 5.60 Å². The molecule has 1 aliphatic heterocycles. The Morgan fingerprint density at radius 1 is 0.828 bits per heavy atom. The number of aliphatic hydroxyl groups is 1. The van der Waals surface area contributed by atoms with E-state index in [4.69, 9.17) is 11.6 Å². The predicted molar refractivity (Wildman–Crippen MR) is 116 cm³/mol. The van der Waals surface area contributed by atoms with Crippen molar-refractivity contribution in [2.24, 2.45) is 0 Å². The molecule has 0 radical (unpaired) electrons. The third-order valence-electron chi connectivity index (χ3n) is 5.54. The van der Waals surface area contributed by atoms with Crippen molar-refractivity contribution < 1.29 is 9.90 Å². The van der Waals surface area contributed by atoms with Gasteiger partial charge < -0.3 is 10.0 Å². The molecule has 0 spiro atoms. The third kappa shape index (κ3) is 2.82.